The summed E-state index contributed by atoms with van der Waals surface area (Å²) in [5.41, 5.74) is 0. The van der Waals surface area contributed by atoms with Gasteiger partial charge in [0.25, 0.3) is 0 Å². The van der Waals surface area contributed by atoms with Gasteiger partial charge in [0.15, 0.2) is 0 Å². The zero-order valence-corrected chi connectivity index (χ0v) is 12.9. The summed E-state index contributed by atoms with van der Waals surface area (Å²) in [5, 5.41) is 4.19. The van der Waals surface area contributed by atoms with E-state index in [2.05, 4.69) is 41.0 Å². The lowest BCUT2D eigenvalue weighted by Crippen LogP contribution is -2.38. The molecule has 0 bridgehead atoms. The van der Waals surface area contributed by atoms with Gasteiger partial charge < -0.3 is 4.42 Å². The zero-order chi connectivity index (χ0) is 14.7. The van der Waals surface area contributed by atoms with E-state index in [0.29, 0.717) is 6.04 Å². The van der Waals surface area contributed by atoms with E-state index in [0.717, 1.165) is 43.5 Å². The summed E-state index contributed by atoms with van der Waals surface area (Å²) < 4.78 is 7.91. The average molecular weight is 288 g/mol. The number of furan rings is 1. The SMILES string of the molecule is CCc1ccc([C@H]2C[C@@H](C)CCN2CCn2cncn2)o1. The molecular weight excluding hydrogens is 264 g/mol. The van der Waals surface area contributed by atoms with Gasteiger partial charge in [-0.15, -0.1) is 0 Å². The largest absolute Gasteiger partial charge is 0.464 e. The molecule has 5 nitrogen and oxygen atoms in total. The van der Waals surface area contributed by atoms with Crippen molar-refractivity contribution in [2.24, 2.45) is 5.92 Å². The number of rotatable bonds is 5. The third kappa shape index (κ3) is 3.35. The fourth-order valence-electron chi connectivity index (χ4n) is 3.10. The van der Waals surface area contributed by atoms with Crippen LogP contribution in [0.1, 0.15) is 44.3 Å². The van der Waals surface area contributed by atoms with Crippen molar-refractivity contribution >= 4 is 0 Å². The van der Waals surface area contributed by atoms with Crippen LogP contribution in [-0.2, 0) is 13.0 Å². The molecule has 1 saturated heterocycles. The summed E-state index contributed by atoms with van der Waals surface area (Å²) in [7, 11) is 0. The molecule has 2 aromatic heterocycles. The molecule has 21 heavy (non-hydrogen) atoms. The van der Waals surface area contributed by atoms with Gasteiger partial charge >= 0.3 is 0 Å². The molecule has 1 aliphatic rings. The van der Waals surface area contributed by atoms with E-state index in [1.165, 1.54) is 12.8 Å². The summed E-state index contributed by atoms with van der Waals surface area (Å²) >= 11 is 0. The Bertz CT molecular complexity index is 548. The van der Waals surface area contributed by atoms with Gasteiger partial charge in [0.2, 0.25) is 0 Å². The van der Waals surface area contributed by atoms with Crippen molar-refractivity contribution in [3.63, 3.8) is 0 Å². The fraction of sp³-hybridized carbons (Fsp3) is 0.625. The molecule has 2 atom stereocenters. The van der Waals surface area contributed by atoms with E-state index < -0.39 is 0 Å². The van der Waals surface area contributed by atoms with Gasteiger partial charge in [0.1, 0.15) is 24.2 Å². The Labute approximate surface area is 126 Å². The highest BCUT2D eigenvalue weighted by Gasteiger charge is 2.29. The van der Waals surface area contributed by atoms with Crippen LogP contribution >= 0.6 is 0 Å². The highest BCUT2D eigenvalue weighted by molar-refractivity contribution is 5.12. The summed E-state index contributed by atoms with van der Waals surface area (Å²) in [6, 6.07) is 4.67. The molecule has 0 amide bonds. The van der Waals surface area contributed by atoms with Crippen molar-refractivity contribution in [2.45, 2.75) is 45.7 Å². The van der Waals surface area contributed by atoms with E-state index in [1.54, 1.807) is 12.7 Å². The van der Waals surface area contributed by atoms with Gasteiger partial charge in [-0.2, -0.15) is 5.10 Å². The van der Waals surface area contributed by atoms with Crippen LogP contribution in [-0.4, -0.2) is 32.8 Å². The maximum atomic E-state index is 6.01. The molecule has 0 unspecified atom stereocenters. The summed E-state index contributed by atoms with van der Waals surface area (Å²) in [5.74, 6) is 2.96. The quantitative estimate of drug-likeness (QED) is 0.848. The number of hydrogen-bond donors (Lipinski definition) is 0. The lowest BCUT2D eigenvalue weighted by atomic mass is 9.91. The molecule has 3 heterocycles. The molecule has 0 spiro atoms. The highest BCUT2D eigenvalue weighted by Crippen LogP contribution is 2.34. The van der Waals surface area contributed by atoms with E-state index in [-0.39, 0.29) is 0 Å². The Balaban J connectivity index is 1.70. The summed E-state index contributed by atoms with van der Waals surface area (Å²) in [6.45, 7) is 7.47. The van der Waals surface area contributed by atoms with Crippen LogP contribution in [0, 0.1) is 5.92 Å². The van der Waals surface area contributed by atoms with Crippen LogP contribution < -0.4 is 0 Å². The first kappa shape index (κ1) is 14.3. The monoisotopic (exact) mass is 288 g/mol. The van der Waals surface area contributed by atoms with Crippen LogP contribution in [0.25, 0.3) is 0 Å². The molecule has 0 saturated carbocycles. The third-order valence-electron chi connectivity index (χ3n) is 4.42. The average Bonchev–Trinajstić information content (AvgIpc) is 3.17. The Morgan fingerprint density at radius 2 is 2.24 bits per heavy atom. The van der Waals surface area contributed by atoms with Gasteiger partial charge in [0, 0.05) is 13.0 Å². The molecule has 1 fully saturated rings. The van der Waals surface area contributed by atoms with Gasteiger partial charge in [-0.05, 0) is 37.4 Å². The minimum absolute atomic E-state index is 0.401. The molecule has 0 N–H and O–H groups in total. The molecule has 2 aromatic rings. The minimum Gasteiger partial charge on any atom is -0.464 e. The first-order chi connectivity index (χ1) is 10.3. The van der Waals surface area contributed by atoms with E-state index >= 15 is 0 Å². The minimum atomic E-state index is 0.401. The van der Waals surface area contributed by atoms with E-state index in [9.17, 15) is 0 Å². The van der Waals surface area contributed by atoms with Gasteiger partial charge in [-0.3, -0.25) is 9.58 Å². The molecule has 114 valence electrons. The maximum Gasteiger partial charge on any atom is 0.137 e. The fourth-order valence-corrected chi connectivity index (χ4v) is 3.10. The second-order valence-electron chi connectivity index (χ2n) is 6.00. The third-order valence-corrected chi connectivity index (χ3v) is 4.42. The Morgan fingerprint density at radius 1 is 1.33 bits per heavy atom. The Morgan fingerprint density at radius 3 is 2.95 bits per heavy atom. The molecule has 3 rings (SSSR count). The lowest BCUT2D eigenvalue weighted by molar-refractivity contribution is 0.0958. The molecule has 5 heteroatoms. The van der Waals surface area contributed by atoms with Crippen LogP contribution in [0.5, 0.6) is 0 Å². The van der Waals surface area contributed by atoms with Crippen LogP contribution in [0.4, 0.5) is 0 Å². The standard InChI is InChI=1S/C16H24N4O/c1-3-14-4-5-16(21-14)15-10-13(2)6-7-19(15)8-9-20-12-17-11-18-20/h4-5,11-13,15H,3,6-10H2,1-2H3/t13-,15+/m0/s1. The number of piperidine rings is 1. The van der Waals surface area contributed by atoms with Crippen LogP contribution in [0.15, 0.2) is 29.2 Å². The van der Waals surface area contributed by atoms with Crippen LogP contribution in [0.3, 0.4) is 0 Å². The predicted octanol–water partition coefficient (Wildman–Crippen LogP) is 2.91. The van der Waals surface area contributed by atoms with Crippen molar-refractivity contribution in [3.8, 4) is 0 Å². The lowest BCUT2D eigenvalue weighted by Gasteiger charge is -2.37. The van der Waals surface area contributed by atoms with Crippen molar-refractivity contribution < 1.29 is 4.42 Å². The number of hydrogen-bond acceptors (Lipinski definition) is 4. The summed E-state index contributed by atoms with van der Waals surface area (Å²) in [4.78, 5) is 6.53. The Hall–Kier alpha value is -1.62. The molecular formula is C16H24N4O. The van der Waals surface area contributed by atoms with Crippen molar-refractivity contribution in [1.82, 2.24) is 19.7 Å². The molecule has 0 aromatic carbocycles. The number of aryl methyl sites for hydroxylation is 1. The molecule has 0 radical (unpaired) electrons. The molecule has 1 aliphatic heterocycles. The van der Waals surface area contributed by atoms with Gasteiger partial charge in [-0.1, -0.05) is 13.8 Å². The van der Waals surface area contributed by atoms with Crippen molar-refractivity contribution in [1.29, 1.82) is 0 Å². The first-order valence-corrected chi connectivity index (χ1v) is 7.91. The summed E-state index contributed by atoms with van der Waals surface area (Å²) in [6.07, 6.45) is 6.77. The normalized spacial score (nSPS) is 23.5. The van der Waals surface area contributed by atoms with Gasteiger partial charge in [0.05, 0.1) is 12.6 Å². The number of aromatic nitrogens is 3. The topological polar surface area (TPSA) is 47.1 Å². The van der Waals surface area contributed by atoms with Gasteiger partial charge in [-0.25, -0.2) is 4.98 Å². The highest BCUT2D eigenvalue weighted by atomic mass is 16.3. The Kier molecular flexibility index (Phi) is 4.39. The molecule has 0 aliphatic carbocycles. The predicted molar refractivity (Wildman–Crippen MR) is 80.8 cm³/mol. The second-order valence-corrected chi connectivity index (χ2v) is 6.00. The smallest absolute Gasteiger partial charge is 0.137 e. The first-order valence-electron chi connectivity index (χ1n) is 7.91. The van der Waals surface area contributed by atoms with Crippen LogP contribution in [0.2, 0.25) is 0 Å². The maximum absolute atomic E-state index is 6.01. The van der Waals surface area contributed by atoms with E-state index in [4.69, 9.17) is 4.42 Å². The van der Waals surface area contributed by atoms with Crippen molar-refractivity contribution in [2.75, 3.05) is 13.1 Å². The van der Waals surface area contributed by atoms with Crippen molar-refractivity contribution in [3.05, 3.63) is 36.3 Å². The van der Waals surface area contributed by atoms with E-state index in [1.807, 2.05) is 4.68 Å². The number of nitrogens with zero attached hydrogens (tertiary/aromatic N) is 4. The number of likely N-dealkylation sites (tertiary alicyclic amines) is 1. The zero-order valence-electron chi connectivity index (χ0n) is 12.9. The second kappa shape index (κ2) is 6.43.